The van der Waals surface area contributed by atoms with E-state index in [1.54, 1.807) is 7.11 Å². The zero-order valence-corrected chi connectivity index (χ0v) is 10.6. The topological polar surface area (TPSA) is 39.7 Å². The van der Waals surface area contributed by atoms with Gasteiger partial charge in [0.1, 0.15) is 11.5 Å². The molecule has 0 spiro atoms. The van der Waals surface area contributed by atoms with Crippen LogP contribution >= 0.6 is 0 Å². The molecule has 4 nitrogen and oxygen atoms in total. The Balaban J connectivity index is 1.80. The summed E-state index contributed by atoms with van der Waals surface area (Å²) < 4.78 is 16.4. The Labute approximate surface area is 107 Å². The van der Waals surface area contributed by atoms with E-state index in [0.717, 1.165) is 44.2 Å². The van der Waals surface area contributed by atoms with Gasteiger partial charge in [-0.3, -0.25) is 0 Å². The molecule has 1 N–H and O–H groups in total. The van der Waals surface area contributed by atoms with E-state index in [1.807, 2.05) is 12.1 Å². The van der Waals surface area contributed by atoms with Crippen molar-refractivity contribution in [3.05, 3.63) is 23.8 Å². The first kappa shape index (κ1) is 11.8. The fourth-order valence-electron chi connectivity index (χ4n) is 2.62. The summed E-state index contributed by atoms with van der Waals surface area (Å²) in [6.07, 6.45) is 2.09. The standard InChI is InChI=1S/C14H19NO3/c1-16-11-2-3-14-12(8-11)13(5-7-18-14)15-10-4-6-17-9-10/h2-3,8,10,13,15H,4-7,9H2,1H3. The zero-order chi connectivity index (χ0) is 12.4. The van der Waals surface area contributed by atoms with Gasteiger partial charge in [-0.1, -0.05) is 0 Å². The maximum absolute atomic E-state index is 5.69. The molecule has 2 aliphatic rings. The molecule has 1 aromatic carbocycles. The molecule has 1 aromatic rings. The van der Waals surface area contributed by atoms with Gasteiger partial charge in [0.2, 0.25) is 0 Å². The van der Waals surface area contributed by atoms with E-state index in [2.05, 4.69) is 11.4 Å². The maximum Gasteiger partial charge on any atom is 0.124 e. The van der Waals surface area contributed by atoms with E-state index < -0.39 is 0 Å². The lowest BCUT2D eigenvalue weighted by molar-refractivity contribution is 0.183. The minimum Gasteiger partial charge on any atom is -0.497 e. The molecule has 2 aliphatic heterocycles. The van der Waals surface area contributed by atoms with Crippen LogP contribution in [0.1, 0.15) is 24.4 Å². The van der Waals surface area contributed by atoms with E-state index in [9.17, 15) is 0 Å². The molecule has 0 aliphatic carbocycles. The average Bonchev–Trinajstić information content (AvgIpc) is 2.91. The lowest BCUT2D eigenvalue weighted by Crippen LogP contribution is -2.35. The normalized spacial score (nSPS) is 26.5. The largest absolute Gasteiger partial charge is 0.497 e. The van der Waals surface area contributed by atoms with Crippen molar-refractivity contribution in [2.24, 2.45) is 0 Å². The Bertz CT molecular complexity index is 416. The molecule has 2 atom stereocenters. The maximum atomic E-state index is 5.69. The second-order valence-corrected chi connectivity index (χ2v) is 4.82. The summed E-state index contributed by atoms with van der Waals surface area (Å²) >= 11 is 0. The summed E-state index contributed by atoms with van der Waals surface area (Å²) in [5.41, 5.74) is 1.20. The monoisotopic (exact) mass is 249 g/mol. The molecular weight excluding hydrogens is 230 g/mol. The van der Waals surface area contributed by atoms with Crippen LogP contribution < -0.4 is 14.8 Å². The van der Waals surface area contributed by atoms with Gasteiger partial charge in [0.05, 0.1) is 20.3 Å². The second kappa shape index (κ2) is 5.16. The van der Waals surface area contributed by atoms with E-state index in [4.69, 9.17) is 14.2 Å². The smallest absolute Gasteiger partial charge is 0.124 e. The van der Waals surface area contributed by atoms with Crippen molar-refractivity contribution in [2.75, 3.05) is 26.9 Å². The summed E-state index contributed by atoms with van der Waals surface area (Å²) in [7, 11) is 1.69. The molecule has 1 saturated heterocycles. The molecule has 0 aromatic heterocycles. The van der Waals surface area contributed by atoms with Crippen LogP contribution in [0.15, 0.2) is 18.2 Å². The number of methoxy groups -OCH3 is 1. The first-order chi connectivity index (χ1) is 8.86. The minimum atomic E-state index is 0.343. The van der Waals surface area contributed by atoms with Gasteiger partial charge in [-0.15, -0.1) is 0 Å². The third-order valence-corrected chi connectivity index (χ3v) is 3.62. The summed E-state index contributed by atoms with van der Waals surface area (Å²) in [6, 6.07) is 6.82. The van der Waals surface area contributed by atoms with Gasteiger partial charge in [-0.25, -0.2) is 0 Å². The van der Waals surface area contributed by atoms with Crippen molar-refractivity contribution in [2.45, 2.75) is 24.9 Å². The number of ether oxygens (including phenoxy) is 3. The lowest BCUT2D eigenvalue weighted by Gasteiger charge is -2.29. The number of fused-ring (bicyclic) bond motifs is 1. The third kappa shape index (κ3) is 2.31. The summed E-state index contributed by atoms with van der Waals surface area (Å²) in [4.78, 5) is 0. The van der Waals surface area contributed by atoms with Gasteiger partial charge in [-0.2, -0.15) is 0 Å². The number of nitrogens with one attached hydrogen (secondary N) is 1. The van der Waals surface area contributed by atoms with Gasteiger partial charge < -0.3 is 19.5 Å². The number of hydrogen-bond donors (Lipinski definition) is 1. The number of hydrogen-bond acceptors (Lipinski definition) is 4. The molecular formula is C14H19NO3. The third-order valence-electron chi connectivity index (χ3n) is 3.62. The summed E-state index contributed by atoms with van der Waals surface area (Å²) in [6.45, 7) is 2.45. The minimum absolute atomic E-state index is 0.343. The fraction of sp³-hybridized carbons (Fsp3) is 0.571. The highest BCUT2D eigenvalue weighted by Crippen LogP contribution is 2.35. The van der Waals surface area contributed by atoms with Crippen LogP contribution in [0.2, 0.25) is 0 Å². The van der Waals surface area contributed by atoms with E-state index >= 15 is 0 Å². The quantitative estimate of drug-likeness (QED) is 0.888. The van der Waals surface area contributed by atoms with Crippen LogP contribution in [0, 0.1) is 0 Å². The fourth-order valence-corrected chi connectivity index (χ4v) is 2.62. The summed E-state index contributed by atoms with van der Waals surface area (Å²) in [5, 5.41) is 3.66. The van der Waals surface area contributed by atoms with Crippen LogP contribution in [0.5, 0.6) is 11.5 Å². The van der Waals surface area contributed by atoms with Crippen molar-refractivity contribution in [1.29, 1.82) is 0 Å². The first-order valence-electron chi connectivity index (χ1n) is 6.51. The van der Waals surface area contributed by atoms with Gasteiger partial charge in [0.15, 0.2) is 0 Å². The van der Waals surface area contributed by atoms with Crippen molar-refractivity contribution < 1.29 is 14.2 Å². The van der Waals surface area contributed by atoms with Crippen LogP contribution in [-0.2, 0) is 4.74 Å². The Morgan fingerprint density at radius 3 is 3.00 bits per heavy atom. The number of benzene rings is 1. The van der Waals surface area contributed by atoms with E-state index in [0.29, 0.717) is 12.1 Å². The lowest BCUT2D eigenvalue weighted by atomic mass is 9.99. The molecule has 2 heterocycles. The van der Waals surface area contributed by atoms with Gasteiger partial charge in [0, 0.05) is 30.7 Å². The SMILES string of the molecule is COc1ccc2c(c1)C(NC1CCOC1)CCO2. The van der Waals surface area contributed by atoms with Crippen molar-refractivity contribution in [3.63, 3.8) is 0 Å². The Hall–Kier alpha value is -1.26. The second-order valence-electron chi connectivity index (χ2n) is 4.82. The number of rotatable bonds is 3. The van der Waals surface area contributed by atoms with Crippen LogP contribution in [-0.4, -0.2) is 33.0 Å². The summed E-state index contributed by atoms with van der Waals surface area (Å²) in [5.74, 6) is 1.85. The van der Waals surface area contributed by atoms with Gasteiger partial charge in [-0.05, 0) is 24.6 Å². The molecule has 0 amide bonds. The van der Waals surface area contributed by atoms with Crippen LogP contribution in [0.3, 0.4) is 0 Å². The van der Waals surface area contributed by atoms with Crippen LogP contribution in [0.4, 0.5) is 0 Å². The Kier molecular flexibility index (Phi) is 3.39. The first-order valence-corrected chi connectivity index (χ1v) is 6.51. The molecule has 0 bridgehead atoms. The van der Waals surface area contributed by atoms with Gasteiger partial charge >= 0.3 is 0 Å². The average molecular weight is 249 g/mol. The van der Waals surface area contributed by atoms with E-state index in [1.165, 1.54) is 5.56 Å². The zero-order valence-electron chi connectivity index (χ0n) is 10.6. The highest BCUT2D eigenvalue weighted by molar-refractivity contribution is 5.43. The molecule has 3 rings (SSSR count). The molecule has 2 unspecified atom stereocenters. The molecule has 18 heavy (non-hydrogen) atoms. The molecule has 4 heteroatoms. The molecule has 0 saturated carbocycles. The molecule has 98 valence electrons. The van der Waals surface area contributed by atoms with Crippen LogP contribution in [0.25, 0.3) is 0 Å². The van der Waals surface area contributed by atoms with E-state index in [-0.39, 0.29) is 0 Å². The van der Waals surface area contributed by atoms with Crippen molar-refractivity contribution in [3.8, 4) is 11.5 Å². The highest BCUT2D eigenvalue weighted by atomic mass is 16.5. The van der Waals surface area contributed by atoms with Crippen molar-refractivity contribution >= 4 is 0 Å². The molecule has 1 fully saturated rings. The van der Waals surface area contributed by atoms with Gasteiger partial charge in [0.25, 0.3) is 0 Å². The highest BCUT2D eigenvalue weighted by Gasteiger charge is 2.26. The Morgan fingerprint density at radius 2 is 2.22 bits per heavy atom. The van der Waals surface area contributed by atoms with Crippen molar-refractivity contribution in [1.82, 2.24) is 5.32 Å². The Morgan fingerprint density at radius 1 is 1.28 bits per heavy atom. The predicted molar refractivity (Wildman–Crippen MR) is 68.2 cm³/mol. The predicted octanol–water partition coefficient (Wildman–Crippen LogP) is 1.90. The molecule has 0 radical (unpaired) electrons.